The molecule has 0 saturated carbocycles. The highest BCUT2D eigenvalue weighted by molar-refractivity contribution is 7.99. The summed E-state index contributed by atoms with van der Waals surface area (Å²) in [6, 6.07) is 3.85. The number of carbonyl (C=O) groups excluding carboxylic acids is 1. The monoisotopic (exact) mass is 233 g/mol. The van der Waals surface area contributed by atoms with Gasteiger partial charge < -0.3 is 5.73 Å². The Morgan fingerprint density at radius 1 is 1.62 bits per heavy atom. The normalized spacial score (nSPS) is 13.2. The number of rotatable bonds is 3. The molecule has 0 atom stereocenters. The molecule has 1 heterocycles. The van der Waals surface area contributed by atoms with E-state index in [1.807, 2.05) is 12.1 Å². The van der Waals surface area contributed by atoms with Gasteiger partial charge in [-0.05, 0) is 30.9 Å². The van der Waals surface area contributed by atoms with Gasteiger partial charge in [0.15, 0.2) is 0 Å². The van der Waals surface area contributed by atoms with E-state index in [0.29, 0.717) is 10.6 Å². The fraction of sp³-hybridized carbons (Fsp3) is 0.364. The van der Waals surface area contributed by atoms with Crippen molar-refractivity contribution in [3.05, 3.63) is 22.9 Å². The molecule has 0 aromatic carbocycles. The molecule has 1 aromatic rings. The Morgan fingerprint density at radius 3 is 3.12 bits per heavy atom. The molecule has 0 spiro atoms. The number of primary amides is 1. The summed E-state index contributed by atoms with van der Waals surface area (Å²) in [5.41, 5.74) is 7.92. The van der Waals surface area contributed by atoms with Crippen LogP contribution in [0.25, 0.3) is 0 Å². The van der Waals surface area contributed by atoms with Crippen LogP contribution in [-0.2, 0) is 12.8 Å². The third-order valence-corrected chi connectivity index (χ3v) is 3.41. The lowest BCUT2D eigenvalue weighted by Gasteiger charge is -2.07. The van der Waals surface area contributed by atoms with Crippen LogP contribution in [0.5, 0.6) is 0 Å². The van der Waals surface area contributed by atoms with Gasteiger partial charge >= 0.3 is 0 Å². The molecule has 1 aliphatic rings. The van der Waals surface area contributed by atoms with Crippen LogP contribution < -0.4 is 5.73 Å². The number of thioether (sulfide) groups is 1. The maximum absolute atomic E-state index is 11.3. The van der Waals surface area contributed by atoms with Crippen LogP contribution in [0.4, 0.5) is 0 Å². The molecule has 82 valence electrons. The molecule has 2 rings (SSSR count). The van der Waals surface area contributed by atoms with E-state index in [-0.39, 0.29) is 5.75 Å². The zero-order valence-electron chi connectivity index (χ0n) is 8.69. The summed E-state index contributed by atoms with van der Waals surface area (Å²) in [6.45, 7) is 0. The number of aryl methyl sites for hydroxylation is 2. The molecular formula is C11H11N3OS. The van der Waals surface area contributed by atoms with Crippen molar-refractivity contribution in [1.82, 2.24) is 4.98 Å². The second-order valence-electron chi connectivity index (χ2n) is 3.61. The van der Waals surface area contributed by atoms with Gasteiger partial charge in [0, 0.05) is 5.69 Å². The van der Waals surface area contributed by atoms with Crippen LogP contribution >= 0.6 is 11.8 Å². The number of nitrogens with two attached hydrogens (primary N) is 1. The van der Waals surface area contributed by atoms with Crippen LogP contribution in [0, 0.1) is 11.3 Å². The second-order valence-corrected chi connectivity index (χ2v) is 4.58. The molecule has 0 fully saturated rings. The first-order valence-electron chi connectivity index (χ1n) is 5.04. The average molecular weight is 233 g/mol. The van der Waals surface area contributed by atoms with Gasteiger partial charge in [-0.25, -0.2) is 4.98 Å². The maximum Gasteiger partial charge on any atom is 0.251 e. The third kappa shape index (κ3) is 2.02. The highest BCUT2D eigenvalue weighted by Gasteiger charge is 2.18. The van der Waals surface area contributed by atoms with E-state index >= 15 is 0 Å². The Balaban J connectivity index is 2.41. The van der Waals surface area contributed by atoms with Gasteiger partial charge in [0.25, 0.3) is 5.91 Å². The highest BCUT2D eigenvalue weighted by Crippen LogP contribution is 2.27. The fourth-order valence-corrected chi connectivity index (χ4v) is 2.53. The van der Waals surface area contributed by atoms with Crippen LogP contribution in [-0.4, -0.2) is 16.6 Å². The Labute approximate surface area is 97.9 Å². The fourth-order valence-electron chi connectivity index (χ4n) is 1.84. The van der Waals surface area contributed by atoms with Gasteiger partial charge in [-0.15, -0.1) is 0 Å². The molecule has 0 aliphatic heterocycles. The van der Waals surface area contributed by atoms with Gasteiger partial charge in [-0.1, -0.05) is 11.8 Å². The van der Waals surface area contributed by atoms with E-state index in [1.54, 1.807) is 0 Å². The molecule has 0 bridgehead atoms. The molecule has 0 radical (unpaired) electrons. The topological polar surface area (TPSA) is 79.8 Å². The lowest BCUT2D eigenvalue weighted by atomic mass is 10.1. The van der Waals surface area contributed by atoms with Crippen LogP contribution in [0.2, 0.25) is 0 Å². The van der Waals surface area contributed by atoms with Gasteiger partial charge in [0.2, 0.25) is 0 Å². The number of hydrogen-bond donors (Lipinski definition) is 1. The van der Waals surface area contributed by atoms with Crippen LogP contribution in [0.15, 0.2) is 11.1 Å². The quantitative estimate of drug-likeness (QED) is 0.798. The van der Waals surface area contributed by atoms with Crippen molar-refractivity contribution in [2.45, 2.75) is 24.3 Å². The van der Waals surface area contributed by atoms with E-state index in [0.717, 1.165) is 30.5 Å². The zero-order valence-corrected chi connectivity index (χ0v) is 9.51. The molecule has 0 saturated heterocycles. The number of amides is 1. The molecule has 5 heteroatoms. The number of fused-ring (bicyclic) bond motifs is 1. The predicted molar refractivity (Wildman–Crippen MR) is 61.1 cm³/mol. The lowest BCUT2D eigenvalue weighted by Crippen LogP contribution is -2.14. The summed E-state index contributed by atoms with van der Waals surface area (Å²) in [4.78, 5) is 15.7. The van der Waals surface area contributed by atoms with Crippen molar-refractivity contribution in [1.29, 1.82) is 5.26 Å². The van der Waals surface area contributed by atoms with Gasteiger partial charge in [0.1, 0.15) is 5.03 Å². The summed E-state index contributed by atoms with van der Waals surface area (Å²) < 4.78 is 0. The van der Waals surface area contributed by atoms with E-state index < -0.39 is 5.91 Å². The number of nitriles is 1. The van der Waals surface area contributed by atoms with Crippen molar-refractivity contribution in [2.24, 2.45) is 5.73 Å². The Bertz CT molecular complexity index is 479. The molecule has 4 nitrogen and oxygen atoms in total. The Kier molecular flexibility index (Phi) is 3.11. The van der Waals surface area contributed by atoms with Gasteiger partial charge in [0.05, 0.1) is 17.4 Å². The highest BCUT2D eigenvalue weighted by atomic mass is 32.2. The van der Waals surface area contributed by atoms with E-state index in [1.165, 1.54) is 11.8 Å². The number of nitrogens with zero attached hydrogens (tertiary/aromatic N) is 2. The first-order valence-corrected chi connectivity index (χ1v) is 6.03. The third-order valence-electron chi connectivity index (χ3n) is 2.55. The largest absolute Gasteiger partial charge is 0.366 e. The number of aromatic nitrogens is 1. The zero-order chi connectivity index (χ0) is 11.5. The SMILES string of the molecule is N#CCSc1nc2c(cc1C(N)=O)CCC2. The first-order chi connectivity index (χ1) is 7.72. The molecule has 1 aromatic heterocycles. The minimum Gasteiger partial charge on any atom is -0.366 e. The summed E-state index contributed by atoms with van der Waals surface area (Å²) >= 11 is 1.27. The summed E-state index contributed by atoms with van der Waals surface area (Å²) in [6.07, 6.45) is 2.99. The predicted octanol–water partition coefficient (Wildman–Crippen LogP) is 1.28. The Hall–Kier alpha value is -1.54. The lowest BCUT2D eigenvalue weighted by molar-refractivity contribution is 0.0996. The minimum absolute atomic E-state index is 0.284. The van der Waals surface area contributed by atoms with E-state index in [2.05, 4.69) is 4.98 Å². The number of hydrogen-bond acceptors (Lipinski definition) is 4. The summed E-state index contributed by atoms with van der Waals surface area (Å²) in [5.74, 6) is -0.186. The van der Waals surface area contributed by atoms with E-state index in [9.17, 15) is 4.79 Å². The smallest absolute Gasteiger partial charge is 0.251 e. The number of carbonyl (C=O) groups is 1. The first kappa shape index (κ1) is 11.0. The van der Waals surface area contributed by atoms with Gasteiger partial charge in [-0.2, -0.15) is 5.26 Å². The minimum atomic E-state index is -0.470. The van der Waals surface area contributed by atoms with Crippen molar-refractivity contribution in [3.63, 3.8) is 0 Å². The molecule has 2 N–H and O–H groups in total. The summed E-state index contributed by atoms with van der Waals surface area (Å²) in [5, 5.41) is 9.13. The molecule has 1 aliphatic carbocycles. The molecule has 16 heavy (non-hydrogen) atoms. The molecule has 1 amide bonds. The second kappa shape index (κ2) is 4.54. The van der Waals surface area contributed by atoms with Crippen LogP contribution in [0.3, 0.4) is 0 Å². The molecule has 0 unspecified atom stereocenters. The molecular weight excluding hydrogens is 222 g/mol. The average Bonchev–Trinajstić information content (AvgIpc) is 2.71. The standard InChI is InChI=1S/C11H11N3OS/c12-4-5-16-11-8(10(13)15)6-7-2-1-3-9(7)14-11/h6H,1-3,5H2,(H2,13,15). The van der Waals surface area contributed by atoms with E-state index in [4.69, 9.17) is 11.0 Å². The van der Waals surface area contributed by atoms with Crippen molar-refractivity contribution in [3.8, 4) is 6.07 Å². The maximum atomic E-state index is 11.3. The van der Waals surface area contributed by atoms with Crippen molar-refractivity contribution >= 4 is 17.7 Å². The van der Waals surface area contributed by atoms with Crippen LogP contribution in [0.1, 0.15) is 28.0 Å². The number of pyridine rings is 1. The van der Waals surface area contributed by atoms with Crippen molar-refractivity contribution < 1.29 is 4.79 Å². The van der Waals surface area contributed by atoms with Gasteiger partial charge in [-0.3, -0.25) is 4.79 Å². The summed E-state index contributed by atoms with van der Waals surface area (Å²) in [7, 11) is 0. The Morgan fingerprint density at radius 2 is 2.44 bits per heavy atom. The van der Waals surface area contributed by atoms with Crippen molar-refractivity contribution in [2.75, 3.05) is 5.75 Å².